The molecule has 0 N–H and O–H groups in total. The van der Waals surface area contributed by atoms with Gasteiger partial charge in [-0.3, -0.25) is 0 Å². The van der Waals surface area contributed by atoms with Crippen molar-refractivity contribution in [3.63, 3.8) is 0 Å². The quantitative estimate of drug-likeness (QED) is 0.0681. The topological polar surface area (TPSA) is 97.4 Å². The third-order valence-corrected chi connectivity index (χ3v) is 17.9. The summed E-state index contributed by atoms with van der Waals surface area (Å²) in [6, 6.07) is 24.6. The minimum atomic E-state index is -2.11. The summed E-state index contributed by atoms with van der Waals surface area (Å²) in [5.41, 5.74) is 6.55. The van der Waals surface area contributed by atoms with Crippen LogP contribution in [-0.2, 0) is 52.7 Å². The maximum absolute atomic E-state index is 13.9. The number of piperidine rings is 1. The van der Waals surface area contributed by atoms with Gasteiger partial charge in [-0.25, -0.2) is 4.79 Å². The predicted molar refractivity (Wildman–Crippen MR) is 235 cm³/mol. The second kappa shape index (κ2) is 23.5. The highest BCUT2D eigenvalue weighted by atomic mass is 28.4. The number of anilines is 1. The van der Waals surface area contributed by atoms with Gasteiger partial charge in [-0.05, 0) is 57.4 Å². The van der Waals surface area contributed by atoms with Crippen molar-refractivity contribution in [2.45, 2.75) is 103 Å². The summed E-state index contributed by atoms with van der Waals surface area (Å²) in [6.07, 6.45) is -0.246. The first-order valence-corrected chi connectivity index (χ1v) is 23.7. The fourth-order valence-electron chi connectivity index (χ4n) is 9.01. The van der Waals surface area contributed by atoms with E-state index in [1.807, 2.05) is 36.4 Å². The van der Waals surface area contributed by atoms with Gasteiger partial charge in [0.1, 0.15) is 19.0 Å². The molecule has 59 heavy (non-hydrogen) atoms. The molecule has 2 aliphatic heterocycles. The Bertz CT molecular complexity index is 1650. The van der Waals surface area contributed by atoms with E-state index >= 15 is 0 Å². The summed E-state index contributed by atoms with van der Waals surface area (Å²) >= 11 is 0. The average Bonchev–Trinajstić information content (AvgIpc) is 3.23. The second-order valence-electron chi connectivity index (χ2n) is 16.7. The highest BCUT2D eigenvalue weighted by Gasteiger charge is 2.45. The lowest BCUT2D eigenvalue weighted by Gasteiger charge is -2.44. The van der Waals surface area contributed by atoms with Gasteiger partial charge in [-0.1, -0.05) is 102 Å². The molecule has 12 heteroatoms. The molecule has 3 aromatic carbocycles. The molecule has 1 fully saturated rings. The fourth-order valence-corrected chi connectivity index (χ4v) is 14.4. The number of amides is 1. The lowest BCUT2D eigenvalue weighted by molar-refractivity contribution is -0.0951. The van der Waals surface area contributed by atoms with Crippen LogP contribution in [0.15, 0.2) is 72.8 Å². The van der Waals surface area contributed by atoms with Crippen molar-refractivity contribution < 1.29 is 42.4 Å². The number of hydrogen-bond donors (Lipinski definition) is 0. The Hall–Kier alpha value is -3.49. The molecule has 0 aromatic heterocycles. The van der Waals surface area contributed by atoms with Crippen molar-refractivity contribution in [3.8, 4) is 5.75 Å². The van der Waals surface area contributed by atoms with Crippen LogP contribution < -0.4 is 9.64 Å². The number of likely N-dealkylation sites (tertiary alicyclic amines) is 1. The van der Waals surface area contributed by atoms with E-state index in [0.29, 0.717) is 82.6 Å². The van der Waals surface area contributed by atoms with Crippen LogP contribution in [0.1, 0.15) is 76.1 Å². The summed E-state index contributed by atoms with van der Waals surface area (Å²) in [6.45, 7) is 20.5. The van der Waals surface area contributed by atoms with Crippen LogP contribution in [-0.4, -0.2) is 112 Å². The van der Waals surface area contributed by atoms with Crippen LogP contribution in [0, 0.1) is 0 Å². The monoisotopic (exact) mass is 834 g/mol. The number of ether oxygens (including phenoxy) is 7. The average molecular weight is 835 g/mol. The summed E-state index contributed by atoms with van der Waals surface area (Å²) < 4.78 is 49.0. The summed E-state index contributed by atoms with van der Waals surface area (Å²) in [5, 5.41) is 0. The normalized spacial score (nSPS) is 18.4. The number of fused-ring (bicyclic) bond motifs is 1. The molecule has 1 saturated heterocycles. The number of methoxy groups -OCH3 is 2. The van der Waals surface area contributed by atoms with Crippen LogP contribution in [0.5, 0.6) is 5.75 Å². The molecule has 3 aromatic rings. The van der Waals surface area contributed by atoms with Gasteiger partial charge in [0.2, 0.25) is 0 Å². The number of rotatable bonds is 23. The Kier molecular flexibility index (Phi) is 18.5. The van der Waals surface area contributed by atoms with Crippen LogP contribution in [0.3, 0.4) is 0 Å². The summed E-state index contributed by atoms with van der Waals surface area (Å²) in [4.78, 5) is 18.0. The van der Waals surface area contributed by atoms with Crippen LogP contribution >= 0.6 is 0 Å². The van der Waals surface area contributed by atoms with Crippen LogP contribution in [0.25, 0.3) is 0 Å². The lowest BCUT2D eigenvalue weighted by atomic mass is 9.84. The zero-order chi connectivity index (χ0) is 42.2. The van der Waals surface area contributed by atoms with Gasteiger partial charge in [0, 0.05) is 33.3 Å². The molecule has 0 aliphatic carbocycles. The third kappa shape index (κ3) is 12.8. The van der Waals surface area contributed by atoms with Crippen molar-refractivity contribution in [2.24, 2.45) is 0 Å². The van der Waals surface area contributed by atoms with E-state index in [4.69, 9.17) is 37.6 Å². The molecule has 0 spiro atoms. The molecule has 0 saturated carbocycles. The Morgan fingerprint density at radius 3 is 2.07 bits per heavy atom. The van der Waals surface area contributed by atoms with Crippen molar-refractivity contribution in [2.75, 3.05) is 84.9 Å². The molecule has 0 bridgehead atoms. The van der Waals surface area contributed by atoms with E-state index in [0.717, 1.165) is 53.2 Å². The minimum Gasteiger partial charge on any atom is -0.490 e. The van der Waals surface area contributed by atoms with E-state index in [1.54, 1.807) is 19.1 Å². The molecule has 3 atom stereocenters. The second-order valence-corrected chi connectivity index (χ2v) is 22.1. The van der Waals surface area contributed by atoms with Crippen LogP contribution in [0.2, 0.25) is 16.6 Å². The maximum atomic E-state index is 13.9. The summed E-state index contributed by atoms with van der Waals surface area (Å²) in [7, 11) is 1.30. The van der Waals surface area contributed by atoms with Crippen molar-refractivity contribution in [1.29, 1.82) is 0 Å². The number of carbonyl (C=O) groups excluding carboxylic acids is 1. The number of carbonyl (C=O) groups is 1. The van der Waals surface area contributed by atoms with Crippen molar-refractivity contribution in [3.05, 3.63) is 95.1 Å². The molecular formula is C47H70N2O9Si. The minimum absolute atomic E-state index is 0.176. The smallest absolute Gasteiger partial charge is 0.410 e. The third-order valence-electron chi connectivity index (χ3n) is 11.8. The Morgan fingerprint density at radius 2 is 1.39 bits per heavy atom. The highest BCUT2D eigenvalue weighted by molar-refractivity contribution is 6.77. The number of hydrogen-bond acceptors (Lipinski definition) is 10. The molecule has 1 amide bonds. The molecule has 2 aliphatic rings. The molecule has 0 unspecified atom stereocenters. The van der Waals surface area contributed by atoms with Gasteiger partial charge in [0.15, 0.2) is 8.32 Å². The van der Waals surface area contributed by atoms with E-state index in [9.17, 15) is 4.79 Å². The fraction of sp³-hybridized carbons (Fsp3) is 0.596. The molecule has 0 radical (unpaired) electrons. The Morgan fingerprint density at radius 1 is 0.729 bits per heavy atom. The standard InChI is InChI=1S/C47H70N2O9Si/c1-35(2)59(36(3)4,37(5)6)58-28-27-55-44-30-49(47(50)57-33-38-13-10-9-11-14-38)31-45(46(44)41-18-15-39(16-19-41)32-53-26-25-52-8)56-34-40-17-20-43-42(29-40)48(22-24-54-43)21-12-23-51-7/h9-11,13-20,29,35-37,44-46H,12,21-28,30-34H2,1-8H3/t44-,45+,46+/m1/s1. The number of nitrogens with zero attached hydrogens (tertiary/aromatic N) is 2. The van der Waals surface area contributed by atoms with Gasteiger partial charge < -0.3 is 47.4 Å². The van der Waals surface area contributed by atoms with Gasteiger partial charge >= 0.3 is 6.09 Å². The predicted octanol–water partition coefficient (Wildman–Crippen LogP) is 8.98. The molecule has 326 valence electrons. The highest BCUT2D eigenvalue weighted by Crippen LogP contribution is 2.42. The van der Waals surface area contributed by atoms with E-state index in [2.05, 4.69) is 82.8 Å². The van der Waals surface area contributed by atoms with Crippen LogP contribution in [0.4, 0.5) is 10.5 Å². The Balaban J connectivity index is 1.41. The van der Waals surface area contributed by atoms with E-state index in [-0.39, 0.29) is 18.6 Å². The first kappa shape index (κ1) is 46.6. The van der Waals surface area contributed by atoms with E-state index < -0.39 is 20.5 Å². The van der Waals surface area contributed by atoms with Gasteiger partial charge in [0.05, 0.1) is 77.2 Å². The maximum Gasteiger partial charge on any atom is 0.410 e. The summed E-state index contributed by atoms with van der Waals surface area (Å²) in [5.74, 6) is 0.701. The van der Waals surface area contributed by atoms with Gasteiger partial charge in [-0.2, -0.15) is 0 Å². The number of benzene rings is 3. The molecule has 11 nitrogen and oxygen atoms in total. The first-order chi connectivity index (χ1) is 28.6. The molecular weight excluding hydrogens is 765 g/mol. The zero-order valence-electron chi connectivity index (χ0n) is 36.9. The Labute approximate surface area is 354 Å². The van der Waals surface area contributed by atoms with Gasteiger partial charge in [-0.15, -0.1) is 0 Å². The van der Waals surface area contributed by atoms with Gasteiger partial charge in [0.25, 0.3) is 0 Å². The molecule has 5 rings (SSSR count). The first-order valence-electron chi connectivity index (χ1n) is 21.5. The zero-order valence-corrected chi connectivity index (χ0v) is 37.9. The largest absolute Gasteiger partial charge is 0.490 e. The van der Waals surface area contributed by atoms with Crippen molar-refractivity contribution in [1.82, 2.24) is 4.90 Å². The SMILES string of the molecule is COCCCN1CCOc2ccc(CO[C@H]3CN(C(=O)OCc4ccccc4)C[C@@H](OCCO[Si](C(C)C)(C(C)C)C(C)C)[C@@H]3c3ccc(COCCOC)cc3)cc21. The lowest BCUT2D eigenvalue weighted by Crippen LogP contribution is -2.55. The van der Waals surface area contributed by atoms with E-state index in [1.165, 1.54) is 0 Å². The molecule has 2 heterocycles. The van der Waals surface area contributed by atoms with Crippen molar-refractivity contribution >= 4 is 20.1 Å².